The third-order valence-corrected chi connectivity index (χ3v) is 3.97. The predicted molar refractivity (Wildman–Crippen MR) is 68.9 cm³/mol. The molecule has 0 spiro atoms. The van der Waals surface area contributed by atoms with E-state index in [4.69, 9.17) is 15.2 Å². The van der Waals surface area contributed by atoms with Crippen LogP contribution in [0.25, 0.3) is 0 Å². The molecule has 2 rings (SSSR count). The van der Waals surface area contributed by atoms with Gasteiger partial charge in [-0.15, -0.1) is 0 Å². The summed E-state index contributed by atoms with van der Waals surface area (Å²) in [4.78, 5) is 0. The van der Waals surface area contributed by atoms with Crippen LogP contribution in [0.15, 0.2) is 12.1 Å². The summed E-state index contributed by atoms with van der Waals surface area (Å²) in [5.74, 6) is 1.84. The van der Waals surface area contributed by atoms with E-state index in [1.165, 1.54) is 6.42 Å². The van der Waals surface area contributed by atoms with Crippen molar-refractivity contribution in [1.29, 1.82) is 0 Å². The Morgan fingerprint density at radius 2 is 1.94 bits per heavy atom. The number of rotatable bonds is 4. The molecule has 94 valence electrons. The Kier molecular flexibility index (Phi) is 3.29. The minimum Gasteiger partial charge on any atom is -0.496 e. The summed E-state index contributed by atoms with van der Waals surface area (Å²) in [5.41, 5.74) is 8.35. The summed E-state index contributed by atoms with van der Waals surface area (Å²) in [6, 6.07) is 4.05. The summed E-state index contributed by atoms with van der Waals surface area (Å²) in [5, 5.41) is 0. The standard InChI is InChI=1S/C14H21NO2/c1-10-5-6-11(16-2)12(13(10)17-3)14(9-15)7-4-8-14/h5-6H,4,7-9,15H2,1-3H3. The molecule has 2 N–H and O–H groups in total. The van der Waals surface area contributed by atoms with Gasteiger partial charge in [0.25, 0.3) is 0 Å². The molecule has 1 aliphatic rings. The highest BCUT2D eigenvalue weighted by Gasteiger charge is 2.42. The molecule has 17 heavy (non-hydrogen) atoms. The number of nitrogens with two attached hydrogens (primary N) is 1. The molecule has 1 saturated carbocycles. The minimum atomic E-state index is 0.0582. The summed E-state index contributed by atoms with van der Waals surface area (Å²) < 4.78 is 11.1. The van der Waals surface area contributed by atoms with Crippen molar-refractivity contribution in [2.45, 2.75) is 31.6 Å². The van der Waals surface area contributed by atoms with E-state index in [1.54, 1.807) is 14.2 Å². The lowest BCUT2D eigenvalue weighted by atomic mass is 9.63. The lowest BCUT2D eigenvalue weighted by Gasteiger charge is -2.43. The van der Waals surface area contributed by atoms with Crippen LogP contribution in [0.1, 0.15) is 30.4 Å². The number of hydrogen-bond acceptors (Lipinski definition) is 3. The molecule has 0 unspecified atom stereocenters. The lowest BCUT2D eigenvalue weighted by molar-refractivity contribution is 0.233. The van der Waals surface area contributed by atoms with Gasteiger partial charge in [0.2, 0.25) is 0 Å². The van der Waals surface area contributed by atoms with Crippen molar-refractivity contribution >= 4 is 0 Å². The Bertz CT molecular complexity index is 405. The van der Waals surface area contributed by atoms with Gasteiger partial charge in [0.05, 0.1) is 14.2 Å². The third kappa shape index (κ3) is 1.78. The number of ether oxygens (including phenoxy) is 2. The molecule has 0 aliphatic heterocycles. The molecule has 3 heteroatoms. The van der Waals surface area contributed by atoms with Crippen LogP contribution in [0.2, 0.25) is 0 Å². The molecule has 0 radical (unpaired) electrons. The van der Waals surface area contributed by atoms with Crippen LogP contribution in [0.4, 0.5) is 0 Å². The quantitative estimate of drug-likeness (QED) is 0.871. The zero-order chi connectivity index (χ0) is 12.5. The van der Waals surface area contributed by atoms with E-state index in [2.05, 4.69) is 6.92 Å². The van der Waals surface area contributed by atoms with E-state index >= 15 is 0 Å². The van der Waals surface area contributed by atoms with E-state index in [9.17, 15) is 0 Å². The van der Waals surface area contributed by atoms with E-state index in [1.807, 2.05) is 12.1 Å². The average Bonchev–Trinajstić information content (AvgIpc) is 2.29. The van der Waals surface area contributed by atoms with Crippen molar-refractivity contribution in [2.24, 2.45) is 5.73 Å². The van der Waals surface area contributed by atoms with Gasteiger partial charge >= 0.3 is 0 Å². The fourth-order valence-electron chi connectivity index (χ4n) is 2.76. The van der Waals surface area contributed by atoms with Gasteiger partial charge in [-0.3, -0.25) is 0 Å². The number of benzene rings is 1. The second-order valence-electron chi connectivity index (χ2n) is 4.83. The zero-order valence-electron chi connectivity index (χ0n) is 10.9. The first-order valence-electron chi connectivity index (χ1n) is 6.10. The topological polar surface area (TPSA) is 44.5 Å². The maximum absolute atomic E-state index is 5.99. The monoisotopic (exact) mass is 235 g/mol. The zero-order valence-corrected chi connectivity index (χ0v) is 10.9. The van der Waals surface area contributed by atoms with E-state index in [0.717, 1.165) is 35.5 Å². The Morgan fingerprint density at radius 1 is 1.24 bits per heavy atom. The first kappa shape index (κ1) is 12.2. The van der Waals surface area contributed by atoms with Crippen molar-refractivity contribution in [3.8, 4) is 11.5 Å². The van der Waals surface area contributed by atoms with E-state index in [-0.39, 0.29) is 5.41 Å². The van der Waals surface area contributed by atoms with Crippen LogP contribution in [0.5, 0.6) is 11.5 Å². The molecular formula is C14H21NO2. The second-order valence-corrected chi connectivity index (χ2v) is 4.83. The maximum atomic E-state index is 5.99. The van der Waals surface area contributed by atoms with Gasteiger partial charge in [0, 0.05) is 17.5 Å². The molecule has 1 aromatic carbocycles. The van der Waals surface area contributed by atoms with Gasteiger partial charge in [0.1, 0.15) is 11.5 Å². The Morgan fingerprint density at radius 3 is 2.35 bits per heavy atom. The Labute approximate surface area is 103 Å². The van der Waals surface area contributed by atoms with Crippen LogP contribution in [0, 0.1) is 6.92 Å². The molecule has 1 aromatic rings. The predicted octanol–water partition coefficient (Wildman–Crippen LogP) is 2.39. The smallest absolute Gasteiger partial charge is 0.129 e. The van der Waals surface area contributed by atoms with Crippen molar-refractivity contribution in [3.05, 3.63) is 23.3 Å². The van der Waals surface area contributed by atoms with Crippen molar-refractivity contribution < 1.29 is 9.47 Å². The van der Waals surface area contributed by atoms with E-state index < -0.39 is 0 Å². The fraction of sp³-hybridized carbons (Fsp3) is 0.571. The van der Waals surface area contributed by atoms with E-state index in [0.29, 0.717) is 6.54 Å². The first-order chi connectivity index (χ1) is 8.18. The van der Waals surface area contributed by atoms with Gasteiger partial charge in [-0.25, -0.2) is 0 Å². The maximum Gasteiger partial charge on any atom is 0.129 e. The normalized spacial score (nSPS) is 17.4. The SMILES string of the molecule is COc1ccc(C)c(OC)c1C1(CN)CCC1. The highest BCUT2D eigenvalue weighted by molar-refractivity contribution is 5.55. The molecule has 0 atom stereocenters. The Balaban J connectivity index is 2.59. The molecule has 0 saturated heterocycles. The molecule has 0 amide bonds. The highest BCUT2D eigenvalue weighted by Crippen LogP contribution is 2.50. The summed E-state index contributed by atoms with van der Waals surface area (Å²) in [6.45, 7) is 2.72. The van der Waals surface area contributed by atoms with Gasteiger partial charge in [0.15, 0.2) is 0 Å². The summed E-state index contributed by atoms with van der Waals surface area (Å²) in [6.07, 6.45) is 3.48. The first-order valence-corrected chi connectivity index (χ1v) is 6.10. The van der Waals surface area contributed by atoms with Crippen LogP contribution < -0.4 is 15.2 Å². The average molecular weight is 235 g/mol. The van der Waals surface area contributed by atoms with Crippen molar-refractivity contribution in [1.82, 2.24) is 0 Å². The molecule has 0 bridgehead atoms. The molecular weight excluding hydrogens is 214 g/mol. The Hall–Kier alpha value is -1.22. The number of hydrogen-bond donors (Lipinski definition) is 1. The van der Waals surface area contributed by atoms with Crippen LogP contribution in [-0.2, 0) is 5.41 Å². The van der Waals surface area contributed by atoms with Crippen LogP contribution in [-0.4, -0.2) is 20.8 Å². The molecule has 3 nitrogen and oxygen atoms in total. The van der Waals surface area contributed by atoms with Crippen LogP contribution >= 0.6 is 0 Å². The van der Waals surface area contributed by atoms with Crippen molar-refractivity contribution in [2.75, 3.05) is 20.8 Å². The van der Waals surface area contributed by atoms with Gasteiger partial charge < -0.3 is 15.2 Å². The third-order valence-electron chi connectivity index (χ3n) is 3.97. The number of aryl methyl sites for hydroxylation is 1. The summed E-state index contributed by atoms with van der Waals surface area (Å²) >= 11 is 0. The minimum absolute atomic E-state index is 0.0582. The largest absolute Gasteiger partial charge is 0.496 e. The summed E-state index contributed by atoms with van der Waals surface area (Å²) in [7, 11) is 3.42. The van der Waals surface area contributed by atoms with Crippen molar-refractivity contribution in [3.63, 3.8) is 0 Å². The number of methoxy groups -OCH3 is 2. The fourth-order valence-corrected chi connectivity index (χ4v) is 2.76. The second kappa shape index (κ2) is 4.57. The highest BCUT2D eigenvalue weighted by atomic mass is 16.5. The van der Waals surface area contributed by atoms with Gasteiger partial charge in [-0.2, -0.15) is 0 Å². The van der Waals surface area contributed by atoms with Gasteiger partial charge in [-0.1, -0.05) is 12.5 Å². The lowest BCUT2D eigenvalue weighted by Crippen LogP contribution is -2.42. The molecule has 0 heterocycles. The molecule has 1 fully saturated rings. The van der Waals surface area contributed by atoms with Crippen LogP contribution in [0.3, 0.4) is 0 Å². The molecule has 1 aliphatic carbocycles. The van der Waals surface area contributed by atoms with Gasteiger partial charge in [-0.05, 0) is 31.4 Å². The molecule has 0 aromatic heterocycles.